The molecule has 0 fully saturated rings. The van der Waals surface area contributed by atoms with Crippen LogP contribution in [0.5, 0.6) is 11.5 Å². The Hall–Kier alpha value is -3.18. The summed E-state index contributed by atoms with van der Waals surface area (Å²) in [5, 5.41) is 5.05. The normalized spacial score (nSPS) is 12.0. The van der Waals surface area contributed by atoms with Crippen LogP contribution in [0, 0.1) is 5.82 Å². The average Bonchev–Trinajstić information content (AvgIpc) is 2.66. The van der Waals surface area contributed by atoms with Gasteiger partial charge in [-0.1, -0.05) is 0 Å². The first-order chi connectivity index (χ1) is 13.1. The summed E-state index contributed by atoms with van der Waals surface area (Å²) in [5.41, 5.74) is 4.13. The number of methoxy groups -OCH3 is 1. The topological polar surface area (TPSA) is 137 Å². The van der Waals surface area contributed by atoms with Gasteiger partial charge in [0, 0.05) is 0 Å². The number of carbonyl (C=O) groups excluding carboxylic acids is 2. The maximum absolute atomic E-state index is 12.9. The van der Waals surface area contributed by atoms with E-state index in [2.05, 4.69) is 10.9 Å². The number of nitrogens with one attached hydrogen (secondary N) is 2. The van der Waals surface area contributed by atoms with Crippen LogP contribution < -0.4 is 25.5 Å². The number of ether oxygens (including phenoxy) is 2. The molecule has 28 heavy (non-hydrogen) atoms. The molecule has 0 aliphatic heterocycles. The van der Waals surface area contributed by atoms with E-state index in [0.29, 0.717) is 0 Å². The number of hydrogen-bond donors (Lipinski definition) is 3. The molecule has 0 unspecified atom stereocenters. The molecule has 0 saturated heterocycles. The van der Waals surface area contributed by atoms with Crippen molar-refractivity contribution in [2.24, 2.45) is 5.14 Å². The number of nitrogens with two attached hydrogens (primary N) is 1. The number of benzene rings is 2. The molecule has 0 spiro atoms. The highest BCUT2D eigenvalue weighted by Crippen LogP contribution is 2.21. The van der Waals surface area contributed by atoms with Crippen molar-refractivity contribution in [3.63, 3.8) is 0 Å². The van der Waals surface area contributed by atoms with Gasteiger partial charge in [-0.25, -0.2) is 17.9 Å². The molecule has 0 heterocycles. The van der Waals surface area contributed by atoms with Crippen LogP contribution >= 0.6 is 0 Å². The summed E-state index contributed by atoms with van der Waals surface area (Å²) in [5.74, 6) is -1.64. The number of halogens is 1. The molecule has 2 amide bonds. The monoisotopic (exact) mass is 411 g/mol. The molecule has 9 nitrogen and oxygen atoms in total. The van der Waals surface area contributed by atoms with Crippen LogP contribution in [-0.4, -0.2) is 33.4 Å². The second-order valence-corrected chi connectivity index (χ2v) is 7.13. The lowest BCUT2D eigenvalue weighted by Gasteiger charge is -2.16. The standard InChI is InChI=1S/C17H18FN3O6S/c1-10(27-12-5-3-11(18)4-6-12)16(22)20-21-17(23)14-9-13(28(19,24)25)7-8-15(14)26-2/h3-10H,1-2H3,(H,20,22)(H,21,23)(H2,19,24,25)/t10-/m1/s1. The van der Waals surface area contributed by atoms with Gasteiger partial charge in [-0.3, -0.25) is 20.4 Å². The van der Waals surface area contributed by atoms with Gasteiger partial charge in [-0.05, 0) is 49.4 Å². The number of carbonyl (C=O) groups is 2. The first kappa shape index (κ1) is 21.1. The van der Waals surface area contributed by atoms with E-state index in [1.807, 2.05) is 0 Å². The van der Waals surface area contributed by atoms with E-state index >= 15 is 0 Å². The number of hydrazine groups is 1. The number of primary sulfonamides is 1. The van der Waals surface area contributed by atoms with Crippen molar-refractivity contribution in [2.75, 3.05) is 7.11 Å². The Morgan fingerprint density at radius 1 is 1.11 bits per heavy atom. The molecule has 2 rings (SSSR count). The van der Waals surface area contributed by atoms with Gasteiger partial charge >= 0.3 is 0 Å². The molecule has 0 aromatic heterocycles. The van der Waals surface area contributed by atoms with Crippen LogP contribution in [0.2, 0.25) is 0 Å². The van der Waals surface area contributed by atoms with E-state index in [4.69, 9.17) is 14.6 Å². The predicted octanol–water partition coefficient (Wildman–Crippen LogP) is 0.710. The van der Waals surface area contributed by atoms with Crippen molar-refractivity contribution >= 4 is 21.8 Å². The van der Waals surface area contributed by atoms with E-state index < -0.39 is 33.8 Å². The third-order valence-corrected chi connectivity index (χ3v) is 4.45. The van der Waals surface area contributed by atoms with E-state index in [0.717, 1.165) is 6.07 Å². The summed E-state index contributed by atoms with van der Waals surface area (Å²) >= 11 is 0. The van der Waals surface area contributed by atoms with E-state index in [1.54, 1.807) is 0 Å². The van der Waals surface area contributed by atoms with Gasteiger partial charge in [0.05, 0.1) is 17.6 Å². The Balaban J connectivity index is 2.04. The zero-order valence-electron chi connectivity index (χ0n) is 14.9. The molecule has 4 N–H and O–H groups in total. The zero-order valence-corrected chi connectivity index (χ0v) is 15.7. The van der Waals surface area contributed by atoms with Gasteiger partial charge in [-0.15, -0.1) is 0 Å². The van der Waals surface area contributed by atoms with Crippen LogP contribution in [0.1, 0.15) is 17.3 Å². The summed E-state index contributed by atoms with van der Waals surface area (Å²) in [6.45, 7) is 1.42. The first-order valence-corrected chi connectivity index (χ1v) is 9.39. The van der Waals surface area contributed by atoms with E-state index in [1.165, 1.54) is 50.4 Å². The molecular formula is C17H18FN3O6S. The molecule has 2 aromatic rings. The Labute approximate surface area is 160 Å². The highest BCUT2D eigenvalue weighted by molar-refractivity contribution is 7.89. The predicted molar refractivity (Wildman–Crippen MR) is 96.5 cm³/mol. The molecule has 0 aliphatic carbocycles. The van der Waals surface area contributed by atoms with Crippen molar-refractivity contribution in [1.82, 2.24) is 10.9 Å². The quantitative estimate of drug-likeness (QED) is 0.599. The first-order valence-electron chi connectivity index (χ1n) is 7.85. The highest BCUT2D eigenvalue weighted by Gasteiger charge is 2.20. The lowest BCUT2D eigenvalue weighted by molar-refractivity contribution is -0.128. The summed E-state index contributed by atoms with van der Waals surface area (Å²) in [6.07, 6.45) is -1.01. The summed E-state index contributed by atoms with van der Waals surface area (Å²) in [7, 11) is -2.74. The summed E-state index contributed by atoms with van der Waals surface area (Å²) < 4.78 is 46.1. The highest BCUT2D eigenvalue weighted by atomic mass is 32.2. The second-order valence-electron chi connectivity index (χ2n) is 5.56. The maximum atomic E-state index is 12.9. The fourth-order valence-corrected chi connectivity index (χ4v) is 2.64. The number of hydrogen-bond acceptors (Lipinski definition) is 6. The molecule has 11 heteroatoms. The number of sulfonamides is 1. The van der Waals surface area contributed by atoms with E-state index in [-0.39, 0.29) is 22.0 Å². The van der Waals surface area contributed by atoms with Crippen LogP contribution in [0.3, 0.4) is 0 Å². The Morgan fingerprint density at radius 2 is 1.75 bits per heavy atom. The zero-order chi connectivity index (χ0) is 20.9. The molecule has 2 aromatic carbocycles. The van der Waals surface area contributed by atoms with Crippen LogP contribution in [0.15, 0.2) is 47.4 Å². The van der Waals surface area contributed by atoms with E-state index in [9.17, 15) is 22.4 Å². The Kier molecular flexibility index (Phi) is 6.54. The smallest absolute Gasteiger partial charge is 0.279 e. The minimum atomic E-state index is -4.04. The molecule has 1 atom stereocenters. The van der Waals surface area contributed by atoms with Crippen molar-refractivity contribution < 1.29 is 31.9 Å². The van der Waals surface area contributed by atoms with Gasteiger partial charge in [0.15, 0.2) is 6.10 Å². The van der Waals surface area contributed by atoms with Crippen molar-refractivity contribution in [3.05, 3.63) is 53.8 Å². The molecular weight excluding hydrogens is 393 g/mol. The summed E-state index contributed by atoms with van der Waals surface area (Å²) in [6, 6.07) is 8.51. The molecule has 0 aliphatic rings. The molecule has 150 valence electrons. The van der Waals surface area contributed by atoms with Crippen LogP contribution in [0.4, 0.5) is 4.39 Å². The third kappa shape index (κ3) is 5.41. The van der Waals surface area contributed by atoms with Crippen LogP contribution in [-0.2, 0) is 14.8 Å². The molecule has 0 saturated carbocycles. The van der Waals surface area contributed by atoms with Crippen molar-refractivity contribution in [3.8, 4) is 11.5 Å². The van der Waals surface area contributed by atoms with Gasteiger partial charge in [-0.2, -0.15) is 0 Å². The SMILES string of the molecule is COc1ccc(S(N)(=O)=O)cc1C(=O)NNC(=O)[C@@H](C)Oc1ccc(F)cc1. The maximum Gasteiger partial charge on any atom is 0.279 e. The average molecular weight is 411 g/mol. The molecule has 0 radical (unpaired) electrons. The van der Waals surface area contributed by atoms with Gasteiger partial charge in [0.2, 0.25) is 10.0 Å². The molecule has 0 bridgehead atoms. The number of rotatable bonds is 6. The lowest BCUT2D eigenvalue weighted by Crippen LogP contribution is -2.47. The fourth-order valence-electron chi connectivity index (χ4n) is 2.10. The lowest BCUT2D eigenvalue weighted by atomic mass is 10.2. The van der Waals surface area contributed by atoms with Crippen molar-refractivity contribution in [2.45, 2.75) is 17.9 Å². The Morgan fingerprint density at radius 3 is 2.32 bits per heavy atom. The van der Waals surface area contributed by atoms with Crippen LogP contribution in [0.25, 0.3) is 0 Å². The minimum absolute atomic E-state index is 0.0785. The third-order valence-electron chi connectivity index (χ3n) is 3.54. The second kappa shape index (κ2) is 8.67. The largest absolute Gasteiger partial charge is 0.496 e. The van der Waals surface area contributed by atoms with Crippen molar-refractivity contribution in [1.29, 1.82) is 0 Å². The minimum Gasteiger partial charge on any atom is -0.496 e. The fraction of sp³-hybridized carbons (Fsp3) is 0.176. The van der Waals surface area contributed by atoms with Gasteiger partial charge in [0.25, 0.3) is 11.8 Å². The van der Waals surface area contributed by atoms with Gasteiger partial charge in [0.1, 0.15) is 17.3 Å². The van der Waals surface area contributed by atoms with Gasteiger partial charge < -0.3 is 9.47 Å². The summed E-state index contributed by atoms with van der Waals surface area (Å²) in [4.78, 5) is 24.1. The Bertz CT molecular complexity index is 979. The number of amides is 2.